The van der Waals surface area contributed by atoms with Gasteiger partial charge in [0.25, 0.3) is 0 Å². The number of benzene rings is 1. The highest BCUT2D eigenvalue weighted by atomic mass is 35.5. The minimum absolute atomic E-state index is 0.144. The molecular formula is C10H7Cl3F3N3. The number of rotatable bonds is 4. The van der Waals surface area contributed by atoms with Crippen LogP contribution in [0.3, 0.4) is 0 Å². The Balaban J connectivity index is 2.67. The zero-order valence-electron chi connectivity index (χ0n) is 9.15. The van der Waals surface area contributed by atoms with Gasteiger partial charge in [0, 0.05) is 11.6 Å². The standard InChI is InChI=1S/C10H7Cl3F3N3/c11-6-1-7(12)9(8(13)2-6)19-18-4-5(3-17)10(14,15)16/h1-2,5,18-19H,4H2. The molecule has 1 atom stereocenters. The number of hydrazine groups is 1. The molecule has 0 aliphatic carbocycles. The fraction of sp³-hybridized carbons (Fsp3) is 0.300. The summed E-state index contributed by atoms with van der Waals surface area (Å²) >= 11 is 17.3. The molecule has 1 aromatic rings. The lowest BCUT2D eigenvalue weighted by Crippen LogP contribution is -2.35. The molecule has 0 spiro atoms. The molecule has 0 aromatic heterocycles. The van der Waals surface area contributed by atoms with Gasteiger partial charge >= 0.3 is 6.18 Å². The van der Waals surface area contributed by atoms with Crippen molar-refractivity contribution < 1.29 is 13.2 Å². The van der Waals surface area contributed by atoms with Crippen LogP contribution in [0.25, 0.3) is 0 Å². The van der Waals surface area contributed by atoms with Gasteiger partial charge in [-0.3, -0.25) is 0 Å². The van der Waals surface area contributed by atoms with Gasteiger partial charge in [0.2, 0.25) is 0 Å². The summed E-state index contributed by atoms with van der Waals surface area (Å²) in [6.07, 6.45) is -4.60. The predicted molar refractivity (Wildman–Crippen MR) is 68.3 cm³/mol. The van der Waals surface area contributed by atoms with Crippen molar-refractivity contribution in [1.82, 2.24) is 5.43 Å². The Bertz CT molecular complexity index is 476. The van der Waals surface area contributed by atoms with Gasteiger partial charge in [-0.1, -0.05) is 34.8 Å². The minimum atomic E-state index is -4.60. The van der Waals surface area contributed by atoms with Crippen LogP contribution in [0.4, 0.5) is 18.9 Å². The van der Waals surface area contributed by atoms with Crippen LogP contribution < -0.4 is 10.9 Å². The zero-order chi connectivity index (χ0) is 14.6. The Labute approximate surface area is 122 Å². The summed E-state index contributed by atoms with van der Waals surface area (Å²) in [4.78, 5) is 0. The lowest BCUT2D eigenvalue weighted by Gasteiger charge is -2.16. The van der Waals surface area contributed by atoms with E-state index in [-0.39, 0.29) is 15.7 Å². The normalized spacial score (nSPS) is 12.9. The van der Waals surface area contributed by atoms with Crippen molar-refractivity contribution in [1.29, 1.82) is 5.26 Å². The van der Waals surface area contributed by atoms with Crippen molar-refractivity contribution >= 4 is 40.5 Å². The summed E-state index contributed by atoms with van der Waals surface area (Å²) in [5.41, 5.74) is 4.86. The Morgan fingerprint density at radius 2 is 1.74 bits per heavy atom. The van der Waals surface area contributed by atoms with Crippen LogP contribution in [-0.4, -0.2) is 12.7 Å². The first-order chi connectivity index (χ1) is 8.75. The molecule has 2 N–H and O–H groups in total. The maximum atomic E-state index is 12.3. The lowest BCUT2D eigenvalue weighted by atomic mass is 10.2. The summed E-state index contributed by atoms with van der Waals surface area (Å²) in [5.74, 6) is -2.13. The molecule has 0 bridgehead atoms. The lowest BCUT2D eigenvalue weighted by molar-refractivity contribution is -0.157. The Morgan fingerprint density at radius 1 is 1.21 bits per heavy atom. The second kappa shape index (κ2) is 6.53. The van der Waals surface area contributed by atoms with Crippen molar-refractivity contribution in [2.75, 3.05) is 12.0 Å². The highest BCUT2D eigenvalue weighted by molar-refractivity contribution is 6.41. The summed E-state index contributed by atoms with van der Waals surface area (Å²) < 4.78 is 36.9. The third-order valence-electron chi connectivity index (χ3n) is 2.08. The molecular weight excluding hydrogens is 325 g/mol. The van der Waals surface area contributed by atoms with E-state index in [2.05, 4.69) is 10.9 Å². The van der Waals surface area contributed by atoms with E-state index in [1.165, 1.54) is 12.1 Å². The largest absolute Gasteiger partial charge is 0.405 e. The van der Waals surface area contributed by atoms with Crippen LogP contribution in [0.15, 0.2) is 12.1 Å². The van der Waals surface area contributed by atoms with Gasteiger partial charge in [-0.25, -0.2) is 5.43 Å². The second-order valence-corrected chi connectivity index (χ2v) is 4.72. The van der Waals surface area contributed by atoms with Gasteiger partial charge in [0.15, 0.2) is 5.92 Å². The number of halogens is 6. The second-order valence-electron chi connectivity index (χ2n) is 3.47. The third-order valence-corrected chi connectivity index (χ3v) is 2.89. The summed E-state index contributed by atoms with van der Waals surface area (Å²) in [6.45, 7) is -0.644. The average Bonchev–Trinajstić information content (AvgIpc) is 2.25. The van der Waals surface area contributed by atoms with Crippen molar-refractivity contribution in [2.45, 2.75) is 6.18 Å². The number of nitrogens with zero attached hydrogens (tertiary/aromatic N) is 1. The molecule has 19 heavy (non-hydrogen) atoms. The molecule has 104 valence electrons. The van der Waals surface area contributed by atoms with Crippen LogP contribution in [-0.2, 0) is 0 Å². The first-order valence-electron chi connectivity index (χ1n) is 4.85. The Morgan fingerprint density at radius 3 is 2.16 bits per heavy atom. The monoisotopic (exact) mass is 331 g/mol. The molecule has 0 aliphatic rings. The Hall–Kier alpha value is -0.870. The van der Waals surface area contributed by atoms with Gasteiger partial charge in [-0.05, 0) is 12.1 Å². The summed E-state index contributed by atoms with van der Waals surface area (Å²) in [6, 6.07) is 3.91. The number of alkyl halides is 3. The summed E-state index contributed by atoms with van der Waals surface area (Å²) in [5, 5.41) is 8.98. The molecule has 0 radical (unpaired) electrons. The highest BCUT2D eigenvalue weighted by Gasteiger charge is 2.39. The van der Waals surface area contributed by atoms with Gasteiger partial charge in [-0.15, -0.1) is 0 Å². The third kappa shape index (κ3) is 4.62. The van der Waals surface area contributed by atoms with Gasteiger partial charge in [-0.2, -0.15) is 18.4 Å². The van der Waals surface area contributed by atoms with Gasteiger partial charge < -0.3 is 5.43 Å². The van der Waals surface area contributed by atoms with E-state index in [9.17, 15) is 13.2 Å². The van der Waals surface area contributed by atoms with Crippen molar-refractivity contribution in [3.8, 4) is 6.07 Å². The smallest absolute Gasteiger partial charge is 0.319 e. The first-order valence-corrected chi connectivity index (χ1v) is 5.99. The number of anilines is 1. The van der Waals surface area contributed by atoms with E-state index in [1.807, 2.05) is 0 Å². The van der Waals surface area contributed by atoms with Crippen LogP contribution in [0.2, 0.25) is 15.1 Å². The number of hydrogen-bond donors (Lipinski definition) is 2. The molecule has 0 aliphatic heterocycles. The van der Waals surface area contributed by atoms with Crippen LogP contribution in [0.5, 0.6) is 0 Å². The molecule has 0 amide bonds. The van der Waals surface area contributed by atoms with Crippen molar-refractivity contribution in [3.05, 3.63) is 27.2 Å². The molecule has 1 unspecified atom stereocenters. The first kappa shape index (κ1) is 16.2. The van der Waals surface area contributed by atoms with E-state index in [0.717, 1.165) is 6.07 Å². The van der Waals surface area contributed by atoms with Crippen molar-refractivity contribution in [2.24, 2.45) is 5.92 Å². The van der Waals surface area contributed by atoms with Gasteiger partial charge in [0.1, 0.15) is 0 Å². The SMILES string of the molecule is N#CC(CNNc1c(Cl)cc(Cl)cc1Cl)C(F)(F)F. The molecule has 0 heterocycles. The predicted octanol–water partition coefficient (Wildman–Crippen LogP) is 4.27. The molecule has 3 nitrogen and oxygen atoms in total. The zero-order valence-corrected chi connectivity index (χ0v) is 11.4. The topological polar surface area (TPSA) is 47.9 Å². The fourth-order valence-corrected chi connectivity index (χ4v) is 2.05. The van der Waals surface area contributed by atoms with E-state index in [4.69, 9.17) is 40.1 Å². The van der Waals surface area contributed by atoms with Crippen molar-refractivity contribution in [3.63, 3.8) is 0 Å². The molecule has 0 fully saturated rings. The number of hydrogen-bond acceptors (Lipinski definition) is 3. The Kier molecular flexibility index (Phi) is 5.56. The van der Waals surface area contributed by atoms with E-state index in [0.29, 0.717) is 5.02 Å². The average molecular weight is 333 g/mol. The van der Waals surface area contributed by atoms with E-state index >= 15 is 0 Å². The van der Waals surface area contributed by atoms with Gasteiger partial charge in [0.05, 0.1) is 21.8 Å². The fourth-order valence-electron chi connectivity index (χ4n) is 1.14. The molecule has 1 aromatic carbocycles. The van der Waals surface area contributed by atoms with E-state index in [1.54, 1.807) is 0 Å². The molecule has 9 heteroatoms. The quantitative estimate of drug-likeness (QED) is 0.810. The maximum absolute atomic E-state index is 12.3. The number of nitriles is 1. The van der Waals surface area contributed by atoms with Crippen LogP contribution in [0.1, 0.15) is 0 Å². The minimum Gasteiger partial charge on any atom is -0.319 e. The van der Waals surface area contributed by atoms with Crippen LogP contribution >= 0.6 is 34.8 Å². The summed E-state index contributed by atoms with van der Waals surface area (Å²) in [7, 11) is 0. The van der Waals surface area contributed by atoms with E-state index < -0.39 is 18.6 Å². The molecule has 0 saturated carbocycles. The van der Waals surface area contributed by atoms with Crippen LogP contribution in [0, 0.1) is 17.2 Å². The molecule has 0 saturated heterocycles. The molecule has 1 rings (SSSR count). The maximum Gasteiger partial charge on any atom is 0.405 e. The number of nitrogens with one attached hydrogen (secondary N) is 2. The highest BCUT2D eigenvalue weighted by Crippen LogP contribution is 2.33.